The molecule has 18 heavy (non-hydrogen) atoms. The highest BCUT2D eigenvalue weighted by molar-refractivity contribution is 6.02. The molecule has 0 radical (unpaired) electrons. The highest BCUT2D eigenvalue weighted by Crippen LogP contribution is 2.29. The summed E-state index contributed by atoms with van der Waals surface area (Å²) in [5.74, 6) is -0.187. The molecule has 0 atom stereocenters. The molecule has 1 saturated carbocycles. The second-order valence-electron chi connectivity index (χ2n) is 4.78. The molecule has 94 valence electrons. The fourth-order valence-corrected chi connectivity index (χ4v) is 2.14. The Kier molecular flexibility index (Phi) is 2.80. The molecule has 1 fully saturated rings. The van der Waals surface area contributed by atoms with Crippen LogP contribution in [0.15, 0.2) is 30.5 Å². The smallest absolute Gasteiger partial charge is 0.337 e. The number of carbonyl (C=O) groups is 1. The zero-order valence-corrected chi connectivity index (χ0v) is 10.0. The van der Waals surface area contributed by atoms with Gasteiger partial charge in [-0.15, -0.1) is 0 Å². The Morgan fingerprint density at radius 1 is 1.39 bits per heavy atom. The topological polar surface area (TPSA) is 51.5 Å². The molecule has 0 unspecified atom stereocenters. The van der Waals surface area contributed by atoms with Gasteiger partial charge in [0.2, 0.25) is 0 Å². The second-order valence-corrected chi connectivity index (χ2v) is 4.78. The van der Waals surface area contributed by atoms with E-state index in [1.165, 1.54) is 12.8 Å². The number of aromatic carboxylic acids is 1. The summed E-state index contributed by atoms with van der Waals surface area (Å²) in [6.07, 6.45) is 4.39. The number of para-hydroxylation sites is 1. The van der Waals surface area contributed by atoms with Crippen molar-refractivity contribution in [3.63, 3.8) is 0 Å². The number of hydrogen-bond donors (Lipinski definition) is 1. The van der Waals surface area contributed by atoms with Crippen molar-refractivity contribution in [3.8, 4) is 0 Å². The minimum atomic E-state index is -0.900. The third kappa shape index (κ3) is 2.11. The Morgan fingerprint density at radius 2 is 2.22 bits per heavy atom. The van der Waals surface area contributed by atoms with Crippen LogP contribution in [0.4, 0.5) is 0 Å². The Bertz CT molecular complexity index is 584. The van der Waals surface area contributed by atoms with E-state index in [4.69, 9.17) is 4.74 Å². The largest absolute Gasteiger partial charge is 0.478 e. The summed E-state index contributed by atoms with van der Waals surface area (Å²) >= 11 is 0. The summed E-state index contributed by atoms with van der Waals surface area (Å²) in [6, 6.07) is 7.23. The van der Waals surface area contributed by atoms with Crippen molar-refractivity contribution in [2.45, 2.75) is 19.6 Å². The minimum absolute atomic E-state index is 0.326. The van der Waals surface area contributed by atoms with Gasteiger partial charge in [0.25, 0.3) is 0 Å². The van der Waals surface area contributed by atoms with Crippen LogP contribution in [0.25, 0.3) is 10.9 Å². The molecule has 2 aromatic rings. The van der Waals surface area contributed by atoms with Crippen molar-refractivity contribution in [3.05, 3.63) is 36.0 Å². The molecular formula is C14H15NO3. The van der Waals surface area contributed by atoms with E-state index in [0.29, 0.717) is 18.2 Å². The van der Waals surface area contributed by atoms with E-state index in [0.717, 1.165) is 17.5 Å². The Hall–Kier alpha value is -1.81. The average Bonchev–Trinajstić information content (AvgIpc) is 3.09. The van der Waals surface area contributed by atoms with E-state index in [2.05, 4.69) is 0 Å². The minimum Gasteiger partial charge on any atom is -0.478 e. The zero-order valence-electron chi connectivity index (χ0n) is 10.0. The second kappa shape index (κ2) is 4.46. The average molecular weight is 245 g/mol. The van der Waals surface area contributed by atoms with Gasteiger partial charge in [-0.2, -0.15) is 0 Å². The number of hydrogen-bond acceptors (Lipinski definition) is 2. The van der Waals surface area contributed by atoms with Crippen LogP contribution < -0.4 is 0 Å². The van der Waals surface area contributed by atoms with Gasteiger partial charge in [-0.05, 0) is 30.9 Å². The molecule has 0 amide bonds. The van der Waals surface area contributed by atoms with Crippen molar-refractivity contribution in [1.29, 1.82) is 0 Å². The molecule has 1 aromatic carbocycles. The van der Waals surface area contributed by atoms with Crippen LogP contribution >= 0.6 is 0 Å². The van der Waals surface area contributed by atoms with Gasteiger partial charge >= 0.3 is 5.97 Å². The first-order chi connectivity index (χ1) is 8.75. The lowest BCUT2D eigenvalue weighted by molar-refractivity contribution is 0.0683. The van der Waals surface area contributed by atoms with Crippen LogP contribution in [0.3, 0.4) is 0 Å². The standard InChI is InChI=1S/C14H15NO3/c16-14(17)12-3-1-2-11-6-7-15(13(11)12)9-18-8-10-4-5-10/h1-3,6-7,10H,4-5,8-9H2,(H,16,17). The van der Waals surface area contributed by atoms with Crippen LogP contribution in [0.2, 0.25) is 0 Å². The molecule has 0 saturated heterocycles. The van der Waals surface area contributed by atoms with E-state index < -0.39 is 5.97 Å². The molecule has 0 spiro atoms. The van der Waals surface area contributed by atoms with Gasteiger partial charge in [0, 0.05) is 11.6 Å². The quantitative estimate of drug-likeness (QED) is 0.881. The number of carboxylic acids is 1. The highest BCUT2D eigenvalue weighted by atomic mass is 16.5. The van der Waals surface area contributed by atoms with Crippen molar-refractivity contribution in [1.82, 2.24) is 4.57 Å². The molecule has 0 bridgehead atoms. The number of ether oxygens (including phenoxy) is 1. The third-order valence-electron chi connectivity index (χ3n) is 3.30. The van der Waals surface area contributed by atoms with Crippen molar-refractivity contribution >= 4 is 16.9 Å². The van der Waals surface area contributed by atoms with Gasteiger partial charge in [-0.3, -0.25) is 0 Å². The van der Waals surface area contributed by atoms with Gasteiger partial charge in [0.1, 0.15) is 6.73 Å². The van der Waals surface area contributed by atoms with Gasteiger partial charge < -0.3 is 14.4 Å². The molecule has 3 rings (SSSR count). The molecule has 0 aliphatic heterocycles. The van der Waals surface area contributed by atoms with Crippen molar-refractivity contribution < 1.29 is 14.6 Å². The fraction of sp³-hybridized carbons (Fsp3) is 0.357. The Labute approximate surface area is 105 Å². The summed E-state index contributed by atoms with van der Waals surface area (Å²) < 4.78 is 7.48. The number of carboxylic acid groups (broad SMARTS) is 1. The van der Waals surface area contributed by atoms with Crippen LogP contribution in [-0.2, 0) is 11.5 Å². The summed E-state index contributed by atoms with van der Waals surface area (Å²) in [4.78, 5) is 11.2. The molecule has 1 aromatic heterocycles. The van der Waals surface area contributed by atoms with E-state index in [-0.39, 0.29) is 0 Å². The first-order valence-electron chi connectivity index (χ1n) is 6.14. The normalized spacial score (nSPS) is 15.1. The van der Waals surface area contributed by atoms with Gasteiger partial charge in [0.15, 0.2) is 0 Å². The Balaban J connectivity index is 1.87. The van der Waals surface area contributed by atoms with Crippen LogP contribution in [-0.4, -0.2) is 22.2 Å². The van der Waals surface area contributed by atoms with E-state index in [1.54, 1.807) is 12.1 Å². The third-order valence-corrected chi connectivity index (χ3v) is 3.30. The fourth-order valence-electron chi connectivity index (χ4n) is 2.14. The summed E-state index contributed by atoms with van der Waals surface area (Å²) in [6.45, 7) is 1.19. The van der Waals surface area contributed by atoms with E-state index >= 15 is 0 Å². The first kappa shape index (κ1) is 11.3. The first-order valence-corrected chi connectivity index (χ1v) is 6.14. The maximum absolute atomic E-state index is 11.2. The molecule has 1 heterocycles. The highest BCUT2D eigenvalue weighted by Gasteiger charge is 2.21. The lowest BCUT2D eigenvalue weighted by Gasteiger charge is -2.08. The number of benzene rings is 1. The van der Waals surface area contributed by atoms with Gasteiger partial charge in [0.05, 0.1) is 17.7 Å². The molecular weight excluding hydrogens is 230 g/mol. The van der Waals surface area contributed by atoms with Crippen molar-refractivity contribution in [2.75, 3.05) is 6.61 Å². The molecule has 4 nitrogen and oxygen atoms in total. The number of rotatable bonds is 5. The summed E-state index contributed by atoms with van der Waals surface area (Å²) in [7, 11) is 0. The molecule has 1 N–H and O–H groups in total. The lowest BCUT2D eigenvalue weighted by atomic mass is 10.1. The predicted octanol–water partition coefficient (Wildman–Crippen LogP) is 2.72. The number of aromatic nitrogens is 1. The predicted molar refractivity (Wildman–Crippen MR) is 67.6 cm³/mol. The summed E-state index contributed by atoms with van der Waals surface area (Å²) in [5, 5.41) is 10.1. The van der Waals surface area contributed by atoms with E-state index in [9.17, 15) is 9.90 Å². The number of nitrogens with zero attached hydrogens (tertiary/aromatic N) is 1. The zero-order chi connectivity index (χ0) is 12.5. The Morgan fingerprint density at radius 3 is 2.94 bits per heavy atom. The van der Waals surface area contributed by atoms with Crippen LogP contribution in [0, 0.1) is 5.92 Å². The van der Waals surface area contributed by atoms with Crippen molar-refractivity contribution in [2.24, 2.45) is 5.92 Å². The van der Waals surface area contributed by atoms with Gasteiger partial charge in [-0.1, -0.05) is 12.1 Å². The SMILES string of the molecule is O=C(O)c1cccc2ccn(COCC3CC3)c12. The maximum Gasteiger partial charge on any atom is 0.337 e. The number of fused-ring (bicyclic) bond motifs is 1. The monoisotopic (exact) mass is 245 g/mol. The van der Waals surface area contributed by atoms with Crippen LogP contribution in [0.5, 0.6) is 0 Å². The molecule has 1 aliphatic rings. The van der Waals surface area contributed by atoms with Gasteiger partial charge in [-0.25, -0.2) is 4.79 Å². The molecule has 4 heteroatoms. The summed E-state index contributed by atoms with van der Waals surface area (Å²) in [5.41, 5.74) is 1.06. The maximum atomic E-state index is 11.2. The van der Waals surface area contributed by atoms with E-state index in [1.807, 2.05) is 22.9 Å². The van der Waals surface area contributed by atoms with Crippen LogP contribution in [0.1, 0.15) is 23.2 Å². The molecule has 1 aliphatic carbocycles. The lowest BCUT2D eigenvalue weighted by Crippen LogP contribution is -2.06.